The number of ketones is 1. The molecule has 2 heterocycles. The standard InChI is InChI=1S/C16H11NO4/c1-20-12-5-4-10-7-13(16(19)21-14(10)8-12)15(18)11-3-2-6-17-9-11/h2-9H,1H3. The molecule has 0 unspecified atom stereocenters. The smallest absolute Gasteiger partial charge is 0.347 e. The lowest BCUT2D eigenvalue weighted by molar-refractivity contribution is 0.103. The van der Waals surface area contributed by atoms with Crippen LogP contribution in [0.5, 0.6) is 5.75 Å². The summed E-state index contributed by atoms with van der Waals surface area (Å²) in [5.41, 5.74) is 0.0324. The molecule has 0 atom stereocenters. The van der Waals surface area contributed by atoms with Gasteiger partial charge in [-0.25, -0.2) is 4.79 Å². The van der Waals surface area contributed by atoms with Crippen LogP contribution in [-0.4, -0.2) is 17.9 Å². The second-order valence-corrected chi connectivity index (χ2v) is 4.42. The topological polar surface area (TPSA) is 69.4 Å². The fraction of sp³-hybridized carbons (Fsp3) is 0.0625. The van der Waals surface area contributed by atoms with Crippen LogP contribution < -0.4 is 10.4 Å². The number of nitrogens with zero attached hydrogens (tertiary/aromatic N) is 1. The van der Waals surface area contributed by atoms with Gasteiger partial charge >= 0.3 is 5.63 Å². The molecule has 21 heavy (non-hydrogen) atoms. The Morgan fingerprint density at radius 3 is 2.81 bits per heavy atom. The van der Waals surface area contributed by atoms with E-state index in [0.29, 0.717) is 22.3 Å². The van der Waals surface area contributed by atoms with E-state index in [0.717, 1.165) is 0 Å². The number of benzene rings is 1. The van der Waals surface area contributed by atoms with Crippen LogP contribution in [0.3, 0.4) is 0 Å². The second kappa shape index (κ2) is 5.20. The molecule has 5 nitrogen and oxygen atoms in total. The number of methoxy groups -OCH3 is 1. The third kappa shape index (κ3) is 2.41. The van der Waals surface area contributed by atoms with Gasteiger partial charge < -0.3 is 9.15 Å². The first kappa shape index (κ1) is 13.1. The predicted octanol–water partition coefficient (Wildman–Crippen LogP) is 2.43. The Morgan fingerprint density at radius 2 is 2.10 bits per heavy atom. The highest BCUT2D eigenvalue weighted by Crippen LogP contribution is 2.20. The van der Waals surface area contributed by atoms with E-state index < -0.39 is 11.4 Å². The molecule has 0 amide bonds. The molecule has 2 aromatic heterocycles. The van der Waals surface area contributed by atoms with Crippen molar-refractivity contribution >= 4 is 16.8 Å². The maximum absolute atomic E-state index is 12.3. The number of carbonyl (C=O) groups excluding carboxylic acids is 1. The highest BCUT2D eigenvalue weighted by atomic mass is 16.5. The molecule has 0 aliphatic rings. The average molecular weight is 281 g/mol. The molecule has 104 valence electrons. The zero-order chi connectivity index (χ0) is 14.8. The first-order valence-electron chi connectivity index (χ1n) is 6.25. The van der Waals surface area contributed by atoms with Gasteiger partial charge in [-0.3, -0.25) is 9.78 Å². The van der Waals surface area contributed by atoms with Crippen molar-refractivity contribution in [2.45, 2.75) is 0 Å². The van der Waals surface area contributed by atoms with Gasteiger partial charge in [-0.05, 0) is 30.3 Å². The number of hydrogen-bond donors (Lipinski definition) is 0. The molecule has 0 radical (unpaired) electrons. The van der Waals surface area contributed by atoms with Crippen molar-refractivity contribution in [3.05, 3.63) is 70.3 Å². The van der Waals surface area contributed by atoms with Crippen LogP contribution in [0.4, 0.5) is 0 Å². The molecule has 0 aliphatic carbocycles. The van der Waals surface area contributed by atoms with Gasteiger partial charge in [-0.15, -0.1) is 0 Å². The summed E-state index contributed by atoms with van der Waals surface area (Å²) in [6.07, 6.45) is 2.98. The fourth-order valence-electron chi connectivity index (χ4n) is 2.03. The van der Waals surface area contributed by atoms with Gasteiger partial charge in [-0.1, -0.05) is 0 Å². The highest BCUT2D eigenvalue weighted by Gasteiger charge is 2.16. The van der Waals surface area contributed by atoms with E-state index in [4.69, 9.17) is 9.15 Å². The van der Waals surface area contributed by atoms with Gasteiger partial charge in [0.05, 0.1) is 7.11 Å². The van der Waals surface area contributed by atoms with Gasteiger partial charge in [0.15, 0.2) is 0 Å². The number of aromatic nitrogens is 1. The summed E-state index contributed by atoms with van der Waals surface area (Å²) in [7, 11) is 1.53. The van der Waals surface area contributed by atoms with Gasteiger partial charge in [-0.2, -0.15) is 0 Å². The van der Waals surface area contributed by atoms with E-state index in [2.05, 4.69) is 4.98 Å². The van der Waals surface area contributed by atoms with Crippen LogP contribution >= 0.6 is 0 Å². The number of pyridine rings is 1. The van der Waals surface area contributed by atoms with E-state index >= 15 is 0 Å². The van der Waals surface area contributed by atoms with Crippen molar-refractivity contribution in [1.82, 2.24) is 4.98 Å². The van der Waals surface area contributed by atoms with Crippen LogP contribution in [0.2, 0.25) is 0 Å². The number of rotatable bonds is 3. The normalized spacial score (nSPS) is 10.5. The predicted molar refractivity (Wildman–Crippen MR) is 76.7 cm³/mol. The second-order valence-electron chi connectivity index (χ2n) is 4.42. The minimum absolute atomic E-state index is 0.0133. The molecule has 0 spiro atoms. The van der Waals surface area contributed by atoms with E-state index in [1.165, 1.54) is 19.4 Å². The summed E-state index contributed by atoms with van der Waals surface area (Å²) >= 11 is 0. The Bertz CT molecular complexity index is 868. The summed E-state index contributed by atoms with van der Waals surface area (Å²) in [5, 5.41) is 0.655. The maximum Gasteiger partial charge on any atom is 0.347 e. The first-order valence-corrected chi connectivity index (χ1v) is 6.25. The van der Waals surface area contributed by atoms with Crippen molar-refractivity contribution in [1.29, 1.82) is 0 Å². The van der Waals surface area contributed by atoms with Crippen molar-refractivity contribution in [2.24, 2.45) is 0 Å². The van der Waals surface area contributed by atoms with Crippen molar-refractivity contribution in [3.8, 4) is 5.75 Å². The molecule has 0 fully saturated rings. The van der Waals surface area contributed by atoms with Crippen LogP contribution in [0.15, 0.2) is 58.0 Å². The Kier molecular flexibility index (Phi) is 3.23. The Labute approximate surface area is 119 Å². The van der Waals surface area contributed by atoms with Gasteiger partial charge in [0.25, 0.3) is 0 Å². The maximum atomic E-state index is 12.3. The number of carbonyl (C=O) groups is 1. The van der Waals surface area contributed by atoms with Gasteiger partial charge in [0, 0.05) is 29.4 Å². The molecule has 3 aromatic rings. The van der Waals surface area contributed by atoms with Crippen LogP contribution in [0.25, 0.3) is 11.0 Å². The van der Waals surface area contributed by atoms with Crippen LogP contribution in [0, 0.1) is 0 Å². The average Bonchev–Trinajstić information content (AvgIpc) is 2.53. The van der Waals surface area contributed by atoms with E-state index in [9.17, 15) is 9.59 Å². The molecule has 0 bridgehead atoms. The molecule has 3 rings (SSSR count). The minimum atomic E-state index is -0.676. The number of fused-ring (bicyclic) bond motifs is 1. The third-order valence-electron chi connectivity index (χ3n) is 3.11. The monoisotopic (exact) mass is 281 g/mol. The van der Waals surface area contributed by atoms with E-state index in [-0.39, 0.29) is 5.56 Å². The largest absolute Gasteiger partial charge is 0.497 e. The van der Waals surface area contributed by atoms with E-state index in [1.807, 2.05) is 0 Å². The minimum Gasteiger partial charge on any atom is -0.497 e. The lowest BCUT2D eigenvalue weighted by Crippen LogP contribution is -2.14. The van der Waals surface area contributed by atoms with Crippen molar-refractivity contribution < 1.29 is 13.9 Å². The Hall–Kier alpha value is -2.95. The summed E-state index contributed by atoms with van der Waals surface area (Å²) in [6.45, 7) is 0. The molecule has 1 aromatic carbocycles. The number of hydrogen-bond acceptors (Lipinski definition) is 5. The molecule has 0 saturated carbocycles. The van der Waals surface area contributed by atoms with Crippen LogP contribution in [0.1, 0.15) is 15.9 Å². The highest BCUT2D eigenvalue weighted by molar-refractivity contribution is 6.09. The summed E-state index contributed by atoms with van der Waals surface area (Å²) in [6, 6.07) is 9.84. The van der Waals surface area contributed by atoms with Crippen LogP contribution in [-0.2, 0) is 0 Å². The molecular weight excluding hydrogens is 270 g/mol. The quantitative estimate of drug-likeness (QED) is 0.544. The molecule has 5 heteroatoms. The molecule has 0 aliphatic heterocycles. The Balaban J connectivity index is 2.14. The number of ether oxygens (including phenoxy) is 1. The lowest BCUT2D eigenvalue weighted by Gasteiger charge is -2.03. The molecular formula is C16H11NO4. The zero-order valence-corrected chi connectivity index (χ0v) is 11.2. The zero-order valence-electron chi connectivity index (χ0n) is 11.2. The third-order valence-corrected chi connectivity index (χ3v) is 3.11. The fourth-order valence-corrected chi connectivity index (χ4v) is 2.03. The first-order chi connectivity index (χ1) is 10.2. The summed E-state index contributed by atoms with van der Waals surface area (Å²) in [4.78, 5) is 28.2. The molecule has 0 saturated heterocycles. The SMILES string of the molecule is COc1ccc2cc(C(=O)c3cccnc3)c(=O)oc2c1. The van der Waals surface area contributed by atoms with Gasteiger partial charge in [0.1, 0.15) is 16.9 Å². The summed E-state index contributed by atoms with van der Waals surface area (Å²) < 4.78 is 10.3. The Morgan fingerprint density at radius 1 is 1.24 bits per heavy atom. The summed E-state index contributed by atoms with van der Waals surface area (Å²) in [5.74, 6) is 0.173. The van der Waals surface area contributed by atoms with Gasteiger partial charge in [0.2, 0.25) is 5.78 Å². The van der Waals surface area contributed by atoms with Crippen molar-refractivity contribution in [3.63, 3.8) is 0 Å². The molecule has 0 N–H and O–H groups in total. The van der Waals surface area contributed by atoms with E-state index in [1.54, 1.807) is 36.5 Å². The lowest BCUT2D eigenvalue weighted by atomic mass is 10.1. The van der Waals surface area contributed by atoms with Crippen molar-refractivity contribution in [2.75, 3.05) is 7.11 Å².